The Bertz CT molecular complexity index is 1040. The van der Waals surface area contributed by atoms with Crippen LogP contribution in [0, 0.1) is 6.92 Å². The third-order valence-corrected chi connectivity index (χ3v) is 4.02. The molecule has 0 saturated heterocycles. The lowest BCUT2D eigenvalue weighted by Gasteiger charge is -2.27. The molecule has 28 heavy (non-hydrogen) atoms. The molecular formula is C18H16N8O2. The van der Waals surface area contributed by atoms with Crippen LogP contribution in [0.3, 0.4) is 0 Å². The minimum absolute atomic E-state index is 0.0218. The number of hydrogen-bond acceptors (Lipinski definition) is 7. The van der Waals surface area contributed by atoms with Gasteiger partial charge in [0.25, 0.3) is 11.8 Å². The molecule has 140 valence electrons. The van der Waals surface area contributed by atoms with Crippen molar-refractivity contribution in [2.24, 2.45) is 4.99 Å². The summed E-state index contributed by atoms with van der Waals surface area (Å²) in [7, 11) is 0. The van der Waals surface area contributed by atoms with Gasteiger partial charge in [0.05, 0.1) is 11.4 Å². The maximum atomic E-state index is 12.7. The highest BCUT2D eigenvalue weighted by Gasteiger charge is 2.26. The summed E-state index contributed by atoms with van der Waals surface area (Å²) in [5.41, 5.74) is 4.90. The maximum absolute atomic E-state index is 12.7. The van der Waals surface area contributed by atoms with E-state index in [9.17, 15) is 9.59 Å². The van der Waals surface area contributed by atoms with Crippen molar-refractivity contribution in [2.45, 2.75) is 6.92 Å². The van der Waals surface area contributed by atoms with E-state index in [4.69, 9.17) is 0 Å². The highest BCUT2D eigenvalue weighted by molar-refractivity contribution is 6.43. The van der Waals surface area contributed by atoms with Gasteiger partial charge in [0, 0.05) is 6.20 Å². The number of nitrogens with zero attached hydrogens (tertiary/aromatic N) is 6. The fraction of sp³-hybridized carbons (Fsp3) is 0.111. The molecular weight excluding hydrogens is 360 g/mol. The zero-order chi connectivity index (χ0) is 19.5. The van der Waals surface area contributed by atoms with Crippen LogP contribution in [-0.2, 0) is 9.59 Å². The number of hydrogen-bond donors (Lipinski definition) is 2. The molecule has 1 aromatic carbocycles. The number of hydrazine groups is 1. The van der Waals surface area contributed by atoms with E-state index in [0.717, 1.165) is 5.56 Å². The van der Waals surface area contributed by atoms with E-state index in [-0.39, 0.29) is 18.3 Å². The summed E-state index contributed by atoms with van der Waals surface area (Å²) in [5, 5.41) is 8.08. The summed E-state index contributed by atoms with van der Waals surface area (Å²) in [4.78, 5) is 37.1. The minimum Gasteiger partial charge on any atom is -0.316 e. The lowest BCUT2D eigenvalue weighted by atomic mass is 10.2. The number of aliphatic imine (C=N–C) groups is 1. The van der Waals surface area contributed by atoms with Gasteiger partial charge in [-0.15, -0.1) is 0 Å². The van der Waals surface area contributed by atoms with Gasteiger partial charge in [-0.2, -0.15) is 5.10 Å². The number of anilines is 2. The number of carbonyl (C=O) groups is 2. The predicted octanol–water partition coefficient (Wildman–Crippen LogP) is 0.859. The number of amidine groups is 1. The van der Waals surface area contributed by atoms with E-state index in [1.807, 2.05) is 19.1 Å². The third kappa shape index (κ3) is 3.43. The number of nitrogens with one attached hydrogen (secondary N) is 2. The molecule has 2 aromatic heterocycles. The first-order chi connectivity index (χ1) is 13.6. The quantitative estimate of drug-likeness (QED) is 0.697. The Balaban J connectivity index is 1.54. The summed E-state index contributed by atoms with van der Waals surface area (Å²) in [6.45, 7) is 1.82. The van der Waals surface area contributed by atoms with Gasteiger partial charge in [0.1, 0.15) is 19.2 Å². The van der Waals surface area contributed by atoms with Gasteiger partial charge >= 0.3 is 0 Å². The van der Waals surface area contributed by atoms with Crippen molar-refractivity contribution in [3.05, 3.63) is 60.8 Å². The molecule has 0 fully saturated rings. The van der Waals surface area contributed by atoms with Gasteiger partial charge in [0.15, 0.2) is 5.82 Å². The van der Waals surface area contributed by atoms with Crippen LogP contribution in [0.5, 0.6) is 0 Å². The van der Waals surface area contributed by atoms with Crippen LogP contribution in [-0.4, -0.2) is 43.9 Å². The van der Waals surface area contributed by atoms with E-state index in [1.54, 1.807) is 30.5 Å². The molecule has 10 heteroatoms. The topological polar surface area (TPSA) is 117 Å². The van der Waals surface area contributed by atoms with Crippen molar-refractivity contribution in [1.82, 2.24) is 25.2 Å². The predicted molar refractivity (Wildman–Crippen MR) is 102 cm³/mol. The van der Waals surface area contributed by atoms with Gasteiger partial charge in [-0.25, -0.2) is 19.7 Å². The number of benzene rings is 1. The van der Waals surface area contributed by atoms with Gasteiger partial charge in [-0.1, -0.05) is 17.7 Å². The van der Waals surface area contributed by atoms with Crippen LogP contribution >= 0.6 is 0 Å². The fourth-order valence-corrected chi connectivity index (χ4v) is 2.62. The van der Waals surface area contributed by atoms with Crippen molar-refractivity contribution < 1.29 is 9.59 Å². The smallest absolute Gasteiger partial charge is 0.292 e. The molecule has 2 N–H and O–H groups in total. The second kappa shape index (κ2) is 7.27. The van der Waals surface area contributed by atoms with Crippen LogP contribution in [0.1, 0.15) is 5.56 Å². The average molecular weight is 376 g/mol. The molecule has 4 rings (SSSR count). The Hall–Kier alpha value is -4.08. The molecule has 1 aliphatic rings. The number of aryl methyl sites for hydroxylation is 1. The molecule has 0 radical (unpaired) electrons. The summed E-state index contributed by atoms with van der Waals surface area (Å²) >= 11 is 0. The average Bonchev–Trinajstić information content (AvgIpc) is 3.24. The second-order valence-electron chi connectivity index (χ2n) is 6.01. The number of carbonyl (C=O) groups excluding carboxylic acids is 2. The zero-order valence-corrected chi connectivity index (χ0v) is 14.9. The lowest BCUT2D eigenvalue weighted by molar-refractivity contribution is -0.118. The molecule has 0 bridgehead atoms. The summed E-state index contributed by atoms with van der Waals surface area (Å²) in [6.07, 6.45) is 4.44. The standard InChI is InChI=1S/C18H16N8O2/c1-12-4-6-13(7-5-12)26-15(27)9-21-16(24-26)18(28)23-14-3-2-8-20-17(14)25-11-19-10-22-25/h2-8,10-11H,9H2,1H3,(H,21,24)(H,23,28). The van der Waals surface area contributed by atoms with Crippen molar-refractivity contribution in [3.8, 4) is 5.82 Å². The Kier molecular flexibility index (Phi) is 4.50. The van der Waals surface area contributed by atoms with Crippen molar-refractivity contribution in [2.75, 3.05) is 16.9 Å². The monoisotopic (exact) mass is 376 g/mol. The molecule has 2 amide bonds. The van der Waals surface area contributed by atoms with Gasteiger partial charge in [-0.05, 0) is 31.2 Å². The molecule has 1 aliphatic heterocycles. The highest BCUT2D eigenvalue weighted by Crippen LogP contribution is 2.17. The van der Waals surface area contributed by atoms with Crippen molar-refractivity contribution in [3.63, 3.8) is 0 Å². The first kappa shape index (κ1) is 17.3. The molecule has 3 aromatic rings. The second-order valence-corrected chi connectivity index (χ2v) is 6.01. The SMILES string of the molecule is Cc1ccc(N2NC(C(=O)Nc3cccnc3-n3cncn3)=NCC2=O)cc1. The number of aromatic nitrogens is 4. The lowest BCUT2D eigenvalue weighted by Crippen LogP contribution is -2.54. The normalized spacial score (nSPS) is 13.7. The van der Waals surface area contributed by atoms with Gasteiger partial charge in [0.2, 0.25) is 5.84 Å². The van der Waals surface area contributed by atoms with E-state index in [0.29, 0.717) is 17.2 Å². The Morgan fingerprint density at radius 1 is 1.21 bits per heavy atom. The van der Waals surface area contributed by atoms with E-state index < -0.39 is 5.91 Å². The largest absolute Gasteiger partial charge is 0.316 e. The Labute approximate surface area is 159 Å². The molecule has 0 spiro atoms. The van der Waals surface area contributed by atoms with Crippen LogP contribution < -0.4 is 15.8 Å². The zero-order valence-electron chi connectivity index (χ0n) is 14.9. The maximum Gasteiger partial charge on any atom is 0.292 e. The van der Waals surface area contributed by atoms with Gasteiger partial charge < -0.3 is 5.32 Å². The van der Waals surface area contributed by atoms with E-state index in [2.05, 4.69) is 30.8 Å². The molecule has 3 heterocycles. The molecule has 0 unspecified atom stereocenters. The van der Waals surface area contributed by atoms with E-state index in [1.165, 1.54) is 22.3 Å². The molecule has 10 nitrogen and oxygen atoms in total. The Morgan fingerprint density at radius 2 is 2.04 bits per heavy atom. The number of rotatable bonds is 4. The molecule has 0 aliphatic carbocycles. The first-order valence-electron chi connectivity index (χ1n) is 8.44. The van der Waals surface area contributed by atoms with Gasteiger partial charge in [-0.3, -0.25) is 20.0 Å². The number of pyridine rings is 1. The minimum atomic E-state index is -0.501. The third-order valence-electron chi connectivity index (χ3n) is 4.02. The number of amides is 2. The molecule has 0 atom stereocenters. The van der Waals surface area contributed by atoms with E-state index >= 15 is 0 Å². The Morgan fingerprint density at radius 3 is 2.79 bits per heavy atom. The molecule has 0 saturated carbocycles. The van der Waals surface area contributed by atoms with Crippen LogP contribution in [0.25, 0.3) is 5.82 Å². The summed E-state index contributed by atoms with van der Waals surface area (Å²) in [6, 6.07) is 10.7. The van der Waals surface area contributed by atoms with Crippen LogP contribution in [0.4, 0.5) is 11.4 Å². The first-order valence-corrected chi connectivity index (χ1v) is 8.44. The fourth-order valence-electron chi connectivity index (χ4n) is 2.62. The highest BCUT2D eigenvalue weighted by atomic mass is 16.2. The van der Waals surface area contributed by atoms with Crippen molar-refractivity contribution in [1.29, 1.82) is 0 Å². The van der Waals surface area contributed by atoms with Crippen molar-refractivity contribution >= 4 is 29.0 Å². The van der Waals surface area contributed by atoms with Crippen LogP contribution in [0.15, 0.2) is 60.2 Å². The van der Waals surface area contributed by atoms with Crippen LogP contribution in [0.2, 0.25) is 0 Å². The summed E-state index contributed by atoms with van der Waals surface area (Å²) < 4.78 is 1.44. The summed E-state index contributed by atoms with van der Waals surface area (Å²) in [5.74, 6) is -0.325.